The molecule has 0 radical (unpaired) electrons. The maximum absolute atomic E-state index is 13.5. The number of fused-ring (bicyclic) bond motifs is 3. The van der Waals surface area contributed by atoms with Crippen LogP contribution in [0.2, 0.25) is 0 Å². The van der Waals surface area contributed by atoms with Gasteiger partial charge in [-0.25, -0.2) is 4.98 Å². The summed E-state index contributed by atoms with van der Waals surface area (Å²) in [6.07, 6.45) is 8.15. The molecule has 0 bridgehead atoms. The van der Waals surface area contributed by atoms with Crippen molar-refractivity contribution in [3.05, 3.63) is 68.6 Å². The van der Waals surface area contributed by atoms with E-state index < -0.39 is 0 Å². The molecule has 5 rings (SSSR count). The highest BCUT2D eigenvalue weighted by Gasteiger charge is 2.23. The molecule has 0 spiro atoms. The first kappa shape index (κ1) is 20.0. The third kappa shape index (κ3) is 3.78. The third-order valence-corrected chi connectivity index (χ3v) is 7.04. The Hall–Kier alpha value is -2.93. The predicted octanol–water partition coefficient (Wildman–Crippen LogP) is 5.21. The van der Waals surface area contributed by atoms with E-state index in [9.17, 15) is 4.79 Å². The average Bonchev–Trinajstić information content (AvgIpc) is 3.31. The summed E-state index contributed by atoms with van der Waals surface area (Å²) < 4.78 is 3.68. The van der Waals surface area contributed by atoms with Crippen LogP contribution in [0.25, 0.3) is 10.2 Å². The Morgan fingerprint density at radius 2 is 2.06 bits per heavy atom. The second-order valence-corrected chi connectivity index (χ2v) is 9.72. The molecule has 0 amide bonds. The van der Waals surface area contributed by atoms with E-state index >= 15 is 0 Å². The lowest BCUT2D eigenvalue weighted by Crippen LogP contribution is -2.26. The van der Waals surface area contributed by atoms with Gasteiger partial charge in [0.05, 0.1) is 23.8 Å². The maximum atomic E-state index is 13.5. The summed E-state index contributed by atoms with van der Waals surface area (Å²) in [6, 6.07) is 8.43. The third-order valence-electron chi connectivity index (χ3n) is 5.85. The minimum absolute atomic E-state index is 0.00776. The summed E-state index contributed by atoms with van der Waals surface area (Å²) >= 11 is 1.68. The summed E-state index contributed by atoms with van der Waals surface area (Å²) in [5.41, 5.74) is 4.57. The standard InChI is InChI=1S/C24H27N5OS/c1-15(2)29-23(30)21-19-9-4-5-10-20(19)31-22(21)27-24(29)26-18-12-25-28(14-18)13-17-8-6-7-16(3)11-17/h6-8,11-12,14-15H,4-5,9-10,13H2,1-3H3,(H,26,27). The molecule has 0 unspecified atom stereocenters. The lowest BCUT2D eigenvalue weighted by molar-refractivity contribution is 0.582. The highest BCUT2D eigenvalue weighted by Crippen LogP contribution is 2.35. The van der Waals surface area contributed by atoms with Crippen LogP contribution in [0.1, 0.15) is 54.3 Å². The summed E-state index contributed by atoms with van der Waals surface area (Å²) in [5, 5.41) is 8.68. The Balaban J connectivity index is 1.50. The minimum Gasteiger partial charge on any atom is -0.323 e. The summed E-state index contributed by atoms with van der Waals surface area (Å²) in [7, 11) is 0. The smallest absolute Gasteiger partial charge is 0.264 e. The van der Waals surface area contributed by atoms with E-state index in [-0.39, 0.29) is 11.6 Å². The van der Waals surface area contributed by atoms with Crippen LogP contribution in [0.5, 0.6) is 0 Å². The van der Waals surface area contributed by atoms with E-state index in [0.29, 0.717) is 12.5 Å². The number of thiophene rings is 1. The fourth-order valence-electron chi connectivity index (χ4n) is 4.43. The number of benzene rings is 1. The molecule has 0 fully saturated rings. The van der Waals surface area contributed by atoms with Crippen molar-refractivity contribution in [3.8, 4) is 0 Å². The Morgan fingerprint density at radius 1 is 1.23 bits per heavy atom. The van der Waals surface area contributed by atoms with Crippen molar-refractivity contribution >= 4 is 33.2 Å². The Morgan fingerprint density at radius 3 is 2.87 bits per heavy atom. The van der Waals surface area contributed by atoms with E-state index in [1.165, 1.54) is 28.0 Å². The molecule has 31 heavy (non-hydrogen) atoms. The van der Waals surface area contributed by atoms with Gasteiger partial charge in [-0.3, -0.25) is 14.0 Å². The van der Waals surface area contributed by atoms with Crippen LogP contribution in [-0.4, -0.2) is 19.3 Å². The number of rotatable bonds is 5. The maximum Gasteiger partial charge on any atom is 0.264 e. The topological polar surface area (TPSA) is 64.7 Å². The second-order valence-electron chi connectivity index (χ2n) is 8.64. The minimum atomic E-state index is 0.00776. The van der Waals surface area contributed by atoms with E-state index in [0.717, 1.165) is 35.2 Å². The van der Waals surface area contributed by atoms with Crippen LogP contribution in [-0.2, 0) is 19.4 Å². The molecule has 1 N–H and O–H groups in total. The fourth-order valence-corrected chi connectivity index (χ4v) is 5.68. The van der Waals surface area contributed by atoms with E-state index in [1.807, 2.05) is 24.7 Å². The van der Waals surface area contributed by atoms with Crippen molar-refractivity contribution in [2.75, 3.05) is 5.32 Å². The predicted molar refractivity (Wildman–Crippen MR) is 127 cm³/mol. The van der Waals surface area contributed by atoms with Gasteiger partial charge in [0.2, 0.25) is 5.95 Å². The number of nitrogens with zero attached hydrogens (tertiary/aromatic N) is 4. The number of hydrogen-bond donors (Lipinski definition) is 1. The first-order valence-electron chi connectivity index (χ1n) is 10.9. The zero-order valence-electron chi connectivity index (χ0n) is 18.2. The normalized spacial score (nSPS) is 13.7. The van der Waals surface area contributed by atoms with Gasteiger partial charge in [-0.1, -0.05) is 29.8 Å². The van der Waals surface area contributed by atoms with Crippen molar-refractivity contribution in [2.24, 2.45) is 0 Å². The van der Waals surface area contributed by atoms with Gasteiger partial charge in [0.25, 0.3) is 5.56 Å². The molecular weight excluding hydrogens is 406 g/mol. The molecule has 1 aliphatic rings. The van der Waals surface area contributed by atoms with Crippen molar-refractivity contribution in [3.63, 3.8) is 0 Å². The van der Waals surface area contributed by atoms with Crippen LogP contribution < -0.4 is 10.9 Å². The van der Waals surface area contributed by atoms with Crippen molar-refractivity contribution < 1.29 is 0 Å². The second kappa shape index (κ2) is 7.96. The number of hydrogen-bond acceptors (Lipinski definition) is 5. The molecule has 1 aliphatic carbocycles. The Labute approximate surface area is 185 Å². The van der Waals surface area contributed by atoms with Gasteiger partial charge in [0.15, 0.2) is 0 Å². The highest BCUT2D eigenvalue weighted by atomic mass is 32.1. The summed E-state index contributed by atoms with van der Waals surface area (Å²) in [4.78, 5) is 20.5. The molecule has 0 atom stereocenters. The number of nitrogens with one attached hydrogen (secondary N) is 1. The highest BCUT2D eigenvalue weighted by molar-refractivity contribution is 7.18. The molecule has 1 aromatic carbocycles. The van der Waals surface area contributed by atoms with E-state index in [2.05, 4.69) is 41.6 Å². The SMILES string of the molecule is Cc1cccc(Cn2cc(Nc3nc4sc5c(c4c(=O)n3C(C)C)CCCC5)cn2)c1. The number of aryl methyl sites for hydroxylation is 3. The van der Waals surface area contributed by atoms with Gasteiger partial charge in [-0.2, -0.15) is 5.10 Å². The van der Waals surface area contributed by atoms with E-state index in [4.69, 9.17) is 4.98 Å². The van der Waals surface area contributed by atoms with Crippen LogP contribution in [0.3, 0.4) is 0 Å². The monoisotopic (exact) mass is 433 g/mol. The van der Waals surface area contributed by atoms with E-state index in [1.54, 1.807) is 22.1 Å². The largest absolute Gasteiger partial charge is 0.323 e. The van der Waals surface area contributed by atoms with Crippen LogP contribution in [0.4, 0.5) is 11.6 Å². The molecule has 0 aliphatic heterocycles. The molecule has 3 aromatic heterocycles. The zero-order valence-corrected chi connectivity index (χ0v) is 19.0. The van der Waals surface area contributed by atoms with Crippen molar-refractivity contribution in [1.82, 2.24) is 19.3 Å². The lowest BCUT2D eigenvalue weighted by atomic mass is 9.97. The molecule has 0 saturated heterocycles. The van der Waals surface area contributed by atoms with Crippen LogP contribution >= 0.6 is 11.3 Å². The molecule has 4 aromatic rings. The molecule has 160 valence electrons. The summed E-state index contributed by atoms with van der Waals surface area (Å²) in [5.74, 6) is 0.584. The van der Waals surface area contributed by atoms with Gasteiger partial charge in [0, 0.05) is 17.1 Å². The number of aromatic nitrogens is 4. The van der Waals surface area contributed by atoms with Gasteiger partial charge >= 0.3 is 0 Å². The van der Waals surface area contributed by atoms with Gasteiger partial charge in [-0.05, 0) is 57.6 Å². The van der Waals surface area contributed by atoms with Crippen LogP contribution in [0.15, 0.2) is 41.5 Å². The van der Waals surface area contributed by atoms with Crippen molar-refractivity contribution in [2.45, 2.75) is 59.0 Å². The Kier molecular flexibility index (Phi) is 5.14. The summed E-state index contributed by atoms with van der Waals surface area (Å²) in [6.45, 7) is 6.85. The first-order valence-corrected chi connectivity index (χ1v) is 11.7. The Bertz CT molecular complexity index is 1310. The number of anilines is 2. The lowest BCUT2D eigenvalue weighted by Gasteiger charge is -2.16. The fraction of sp³-hybridized carbons (Fsp3) is 0.375. The van der Waals surface area contributed by atoms with Gasteiger partial charge in [-0.15, -0.1) is 11.3 Å². The van der Waals surface area contributed by atoms with Crippen molar-refractivity contribution in [1.29, 1.82) is 0 Å². The van der Waals surface area contributed by atoms with Gasteiger partial charge < -0.3 is 5.32 Å². The zero-order chi connectivity index (χ0) is 21.5. The molecule has 6 nitrogen and oxygen atoms in total. The first-order chi connectivity index (χ1) is 15.0. The average molecular weight is 434 g/mol. The van der Waals surface area contributed by atoms with Gasteiger partial charge in [0.1, 0.15) is 4.83 Å². The molecule has 3 heterocycles. The quantitative estimate of drug-likeness (QED) is 0.469. The molecule has 7 heteroatoms. The molecule has 0 saturated carbocycles. The molecular formula is C24H27N5OS. The van der Waals surface area contributed by atoms with Crippen LogP contribution in [0, 0.1) is 6.92 Å².